The van der Waals surface area contributed by atoms with Gasteiger partial charge in [-0.25, -0.2) is 0 Å². The summed E-state index contributed by atoms with van der Waals surface area (Å²) in [6, 6.07) is 8.40. The first kappa shape index (κ1) is 11.6. The van der Waals surface area contributed by atoms with Crippen LogP contribution >= 0.6 is 0 Å². The Labute approximate surface area is 97.7 Å². The Morgan fingerprint density at radius 2 is 1.94 bits per heavy atom. The molecule has 1 saturated carbocycles. The molecule has 0 bridgehead atoms. The van der Waals surface area contributed by atoms with Crippen LogP contribution in [-0.2, 0) is 12.0 Å². The Hall–Kier alpha value is -0.860. The molecule has 2 N–H and O–H groups in total. The minimum atomic E-state index is -0.666. The van der Waals surface area contributed by atoms with Crippen LogP contribution < -0.4 is 5.32 Å². The lowest BCUT2D eigenvalue weighted by Gasteiger charge is -2.28. The molecule has 0 saturated heterocycles. The van der Waals surface area contributed by atoms with Crippen molar-refractivity contribution in [1.82, 2.24) is 5.32 Å². The molecular weight excluding hydrogens is 198 g/mol. The van der Waals surface area contributed by atoms with E-state index in [0.717, 1.165) is 24.8 Å². The van der Waals surface area contributed by atoms with Crippen molar-refractivity contribution < 1.29 is 5.11 Å². The Morgan fingerprint density at radius 1 is 1.31 bits per heavy atom. The zero-order valence-electron chi connectivity index (χ0n) is 10.2. The zero-order chi connectivity index (χ0) is 11.6. The molecule has 16 heavy (non-hydrogen) atoms. The van der Waals surface area contributed by atoms with Crippen LogP contribution in [0.1, 0.15) is 30.9 Å². The molecule has 0 radical (unpaired) electrons. The highest BCUT2D eigenvalue weighted by Gasteiger charge is 2.44. The zero-order valence-corrected chi connectivity index (χ0v) is 10.2. The Kier molecular flexibility index (Phi) is 3.31. The van der Waals surface area contributed by atoms with E-state index in [0.29, 0.717) is 12.5 Å². The maximum absolute atomic E-state index is 10.7. The van der Waals surface area contributed by atoms with Crippen LogP contribution in [0.4, 0.5) is 0 Å². The summed E-state index contributed by atoms with van der Waals surface area (Å²) < 4.78 is 0. The first-order chi connectivity index (χ1) is 7.70. The second kappa shape index (κ2) is 4.56. The van der Waals surface area contributed by atoms with Crippen molar-refractivity contribution >= 4 is 0 Å². The standard InChI is InChI=1S/C14H21NO/c1-3-11-4-6-12(7-5-11)14(16,10-15-2)13-8-9-13/h4-7,13,15-16H,3,8-10H2,1-2H3. The molecule has 0 spiro atoms. The van der Waals surface area contributed by atoms with Gasteiger partial charge in [0.25, 0.3) is 0 Å². The summed E-state index contributed by atoms with van der Waals surface area (Å²) in [5, 5.41) is 13.8. The molecule has 1 aliphatic rings. The van der Waals surface area contributed by atoms with E-state index < -0.39 is 5.60 Å². The number of benzene rings is 1. The number of hydrogen-bond donors (Lipinski definition) is 2. The average molecular weight is 219 g/mol. The smallest absolute Gasteiger partial charge is 0.105 e. The highest BCUT2D eigenvalue weighted by atomic mass is 16.3. The Morgan fingerprint density at radius 3 is 2.38 bits per heavy atom. The molecule has 2 nitrogen and oxygen atoms in total. The molecule has 1 aromatic rings. The van der Waals surface area contributed by atoms with E-state index in [2.05, 4.69) is 36.5 Å². The lowest BCUT2D eigenvalue weighted by Crippen LogP contribution is -2.38. The largest absolute Gasteiger partial charge is 0.384 e. The Bertz CT molecular complexity index is 342. The molecule has 0 aliphatic heterocycles. The first-order valence-electron chi connectivity index (χ1n) is 6.17. The van der Waals surface area contributed by atoms with Gasteiger partial charge >= 0.3 is 0 Å². The van der Waals surface area contributed by atoms with Crippen molar-refractivity contribution in [2.75, 3.05) is 13.6 Å². The molecule has 1 aliphatic carbocycles. The van der Waals surface area contributed by atoms with Crippen LogP contribution in [0.2, 0.25) is 0 Å². The van der Waals surface area contributed by atoms with Crippen molar-refractivity contribution in [3.05, 3.63) is 35.4 Å². The summed E-state index contributed by atoms with van der Waals surface area (Å²) in [7, 11) is 1.90. The van der Waals surface area contributed by atoms with E-state index in [9.17, 15) is 5.11 Å². The molecule has 1 fully saturated rings. The van der Waals surface area contributed by atoms with Gasteiger partial charge in [-0.1, -0.05) is 31.2 Å². The lowest BCUT2D eigenvalue weighted by atomic mass is 9.88. The van der Waals surface area contributed by atoms with Gasteiger partial charge in [-0.15, -0.1) is 0 Å². The molecule has 1 unspecified atom stereocenters. The molecule has 2 rings (SSSR count). The van der Waals surface area contributed by atoms with Crippen LogP contribution in [0.3, 0.4) is 0 Å². The third-order valence-electron chi connectivity index (χ3n) is 3.56. The van der Waals surface area contributed by atoms with Crippen molar-refractivity contribution in [3.63, 3.8) is 0 Å². The van der Waals surface area contributed by atoms with Gasteiger partial charge < -0.3 is 10.4 Å². The van der Waals surface area contributed by atoms with E-state index in [1.54, 1.807) is 0 Å². The summed E-state index contributed by atoms with van der Waals surface area (Å²) in [6.07, 6.45) is 3.34. The van der Waals surface area contributed by atoms with Gasteiger partial charge in [-0.3, -0.25) is 0 Å². The number of likely N-dealkylation sites (N-methyl/N-ethyl adjacent to an activating group) is 1. The van der Waals surface area contributed by atoms with Crippen LogP contribution in [-0.4, -0.2) is 18.7 Å². The van der Waals surface area contributed by atoms with Gasteiger partial charge in [0.1, 0.15) is 5.60 Å². The van der Waals surface area contributed by atoms with E-state index in [4.69, 9.17) is 0 Å². The normalized spacial score (nSPS) is 19.4. The monoisotopic (exact) mass is 219 g/mol. The third kappa shape index (κ3) is 2.13. The SMILES string of the molecule is CCc1ccc(C(O)(CNC)C2CC2)cc1. The van der Waals surface area contributed by atoms with E-state index in [1.165, 1.54) is 5.56 Å². The molecular formula is C14H21NO. The number of aliphatic hydroxyl groups is 1. The fourth-order valence-corrected chi connectivity index (χ4v) is 2.34. The van der Waals surface area contributed by atoms with Crippen LogP contribution in [0.25, 0.3) is 0 Å². The van der Waals surface area contributed by atoms with Gasteiger partial charge in [-0.2, -0.15) is 0 Å². The fourth-order valence-electron chi connectivity index (χ4n) is 2.34. The predicted molar refractivity (Wildman–Crippen MR) is 66.4 cm³/mol. The summed E-state index contributed by atoms with van der Waals surface area (Å²) in [5.41, 5.74) is 1.72. The minimum Gasteiger partial charge on any atom is -0.384 e. The lowest BCUT2D eigenvalue weighted by molar-refractivity contribution is 0.0153. The fraction of sp³-hybridized carbons (Fsp3) is 0.571. The molecule has 0 amide bonds. The van der Waals surface area contributed by atoms with Gasteiger partial charge in [-0.05, 0) is 43.4 Å². The average Bonchev–Trinajstić information content (AvgIpc) is 3.13. The van der Waals surface area contributed by atoms with Gasteiger partial charge in [0.05, 0.1) is 0 Å². The molecule has 1 aromatic carbocycles. The molecule has 2 heteroatoms. The predicted octanol–water partition coefficient (Wildman–Crippen LogP) is 2.07. The third-order valence-corrected chi connectivity index (χ3v) is 3.56. The molecule has 88 valence electrons. The molecule has 0 aromatic heterocycles. The summed E-state index contributed by atoms with van der Waals surface area (Å²) in [5.74, 6) is 0.437. The maximum atomic E-state index is 10.7. The van der Waals surface area contributed by atoms with Crippen LogP contribution in [0.15, 0.2) is 24.3 Å². The number of aryl methyl sites for hydroxylation is 1. The van der Waals surface area contributed by atoms with Crippen molar-refractivity contribution in [2.45, 2.75) is 31.8 Å². The van der Waals surface area contributed by atoms with E-state index in [-0.39, 0.29) is 0 Å². The summed E-state index contributed by atoms with van der Waals surface area (Å²) in [6.45, 7) is 2.79. The first-order valence-corrected chi connectivity index (χ1v) is 6.17. The Balaban J connectivity index is 2.24. The van der Waals surface area contributed by atoms with Crippen molar-refractivity contribution in [3.8, 4) is 0 Å². The van der Waals surface area contributed by atoms with Gasteiger partial charge in [0, 0.05) is 6.54 Å². The molecule has 0 heterocycles. The number of nitrogens with one attached hydrogen (secondary N) is 1. The second-order valence-corrected chi connectivity index (χ2v) is 4.78. The molecule has 1 atom stereocenters. The van der Waals surface area contributed by atoms with E-state index in [1.807, 2.05) is 7.05 Å². The summed E-state index contributed by atoms with van der Waals surface area (Å²) in [4.78, 5) is 0. The number of rotatable bonds is 5. The van der Waals surface area contributed by atoms with Gasteiger partial charge in [0.2, 0.25) is 0 Å². The highest BCUT2D eigenvalue weighted by Crippen LogP contribution is 2.45. The maximum Gasteiger partial charge on any atom is 0.105 e. The van der Waals surface area contributed by atoms with Crippen molar-refractivity contribution in [2.24, 2.45) is 5.92 Å². The van der Waals surface area contributed by atoms with Crippen molar-refractivity contribution in [1.29, 1.82) is 0 Å². The van der Waals surface area contributed by atoms with E-state index >= 15 is 0 Å². The number of hydrogen-bond acceptors (Lipinski definition) is 2. The minimum absolute atomic E-state index is 0.437. The topological polar surface area (TPSA) is 32.3 Å². The quantitative estimate of drug-likeness (QED) is 0.794. The van der Waals surface area contributed by atoms with Crippen LogP contribution in [0.5, 0.6) is 0 Å². The van der Waals surface area contributed by atoms with Gasteiger partial charge in [0.15, 0.2) is 0 Å². The highest BCUT2D eigenvalue weighted by molar-refractivity contribution is 5.29. The summed E-state index contributed by atoms with van der Waals surface area (Å²) >= 11 is 0. The second-order valence-electron chi connectivity index (χ2n) is 4.78. The van der Waals surface area contributed by atoms with Crippen LogP contribution in [0, 0.1) is 5.92 Å².